The maximum absolute atomic E-state index is 13.1. The van der Waals surface area contributed by atoms with E-state index >= 15 is 0 Å². The molecule has 0 saturated carbocycles. The normalized spacial score (nSPS) is 15.4. The largest absolute Gasteiger partial charge is 0.467 e. The number of rotatable bonds is 7. The predicted octanol–water partition coefficient (Wildman–Crippen LogP) is 2.98. The molecule has 2 aromatic rings. The smallest absolute Gasteiger partial charge is 0.319 e. The summed E-state index contributed by atoms with van der Waals surface area (Å²) in [4.78, 5) is 39.6. The van der Waals surface area contributed by atoms with Gasteiger partial charge in [-0.15, -0.1) is 0 Å². The average Bonchev–Trinajstić information content (AvgIpc) is 3.30. The van der Waals surface area contributed by atoms with Crippen molar-refractivity contribution in [1.82, 2.24) is 15.5 Å². The van der Waals surface area contributed by atoms with Gasteiger partial charge in [0.2, 0.25) is 11.8 Å². The average molecular weight is 427 g/mol. The number of piperidine rings is 1. The molecule has 1 fully saturated rings. The molecular weight excluding hydrogens is 396 g/mol. The number of amides is 4. The molecule has 8 heteroatoms. The first-order valence-electron chi connectivity index (χ1n) is 10.7. The van der Waals surface area contributed by atoms with Gasteiger partial charge in [0.25, 0.3) is 0 Å². The van der Waals surface area contributed by atoms with Crippen LogP contribution >= 0.6 is 0 Å². The molecule has 0 spiro atoms. The summed E-state index contributed by atoms with van der Waals surface area (Å²) in [6.45, 7) is 5.15. The standard InChI is InChI=1S/C23H30N4O4/c1-16(2)20(26-23(30)25-18-7-4-3-5-8-18)22(29)27-12-10-17(11-13-27)21(28)24-15-19-9-6-14-31-19/h3-9,14,16-17,20H,10-13,15H2,1-2H3,(H,24,28)(H2,25,26,30). The van der Waals surface area contributed by atoms with Gasteiger partial charge >= 0.3 is 6.03 Å². The molecular formula is C23H30N4O4. The number of para-hydroxylation sites is 1. The summed E-state index contributed by atoms with van der Waals surface area (Å²) in [5, 5.41) is 8.44. The molecule has 3 N–H and O–H groups in total. The van der Waals surface area contributed by atoms with Gasteiger partial charge in [-0.2, -0.15) is 0 Å². The fourth-order valence-electron chi connectivity index (χ4n) is 3.63. The highest BCUT2D eigenvalue weighted by Crippen LogP contribution is 2.20. The Labute approximate surface area is 182 Å². The molecule has 3 rings (SSSR count). The molecule has 4 amide bonds. The quantitative estimate of drug-likeness (QED) is 0.633. The lowest BCUT2D eigenvalue weighted by atomic mass is 9.94. The van der Waals surface area contributed by atoms with E-state index < -0.39 is 12.1 Å². The number of hydrogen-bond acceptors (Lipinski definition) is 4. The zero-order valence-corrected chi connectivity index (χ0v) is 18.0. The van der Waals surface area contributed by atoms with E-state index in [2.05, 4.69) is 16.0 Å². The number of urea groups is 1. The molecule has 0 radical (unpaired) electrons. The number of carbonyl (C=O) groups is 3. The fourth-order valence-corrected chi connectivity index (χ4v) is 3.63. The molecule has 2 heterocycles. The predicted molar refractivity (Wildman–Crippen MR) is 117 cm³/mol. The van der Waals surface area contributed by atoms with Gasteiger partial charge in [0.15, 0.2) is 0 Å². The molecule has 0 aliphatic carbocycles. The second-order valence-electron chi connectivity index (χ2n) is 8.08. The van der Waals surface area contributed by atoms with Crippen LogP contribution in [0.1, 0.15) is 32.4 Å². The van der Waals surface area contributed by atoms with Gasteiger partial charge in [0.1, 0.15) is 11.8 Å². The molecule has 0 bridgehead atoms. The highest BCUT2D eigenvalue weighted by molar-refractivity contribution is 5.94. The Kier molecular flexibility index (Phi) is 7.70. The van der Waals surface area contributed by atoms with Crippen LogP contribution in [0.25, 0.3) is 0 Å². The van der Waals surface area contributed by atoms with Crippen molar-refractivity contribution in [2.75, 3.05) is 18.4 Å². The number of nitrogens with one attached hydrogen (secondary N) is 3. The second kappa shape index (κ2) is 10.7. The Morgan fingerprint density at radius 1 is 1.06 bits per heavy atom. The number of likely N-dealkylation sites (tertiary alicyclic amines) is 1. The maximum atomic E-state index is 13.1. The first-order valence-corrected chi connectivity index (χ1v) is 10.7. The van der Waals surface area contributed by atoms with E-state index in [1.165, 1.54) is 0 Å². The topological polar surface area (TPSA) is 104 Å². The van der Waals surface area contributed by atoms with E-state index in [0.29, 0.717) is 43.9 Å². The molecule has 31 heavy (non-hydrogen) atoms. The van der Waals surface area contributed by atoms with Crippen molar-refractivity contribution in [3.8, 4) is 0 Å². The van der Waals surface area contributed by atoms with Crippen LogP contribution in [0.4, 0.5) is 10.5 Å². The van der Waals surface area contributed by atoms with Crippen LogP contribution in [0, 0.1) is 11.8 Å². The summed E-state index contributed by atoms with van der Waals surface area (Å²) in [6, 6.07) is 11.6. The minimum absolute atomic E-state index is 0.0238. The van der Waals surface area contributed by atoms with Crippen molar-refractivity contribution in [1.29, 1.82) is 0 Å². The van der Waals surface area contributed by atoms with Gasteiger partial charge in [-0.1, -0.05) is 32.0 Å². The molecule has 1 aliphatic heterocycles. The molecule has 1 saturated heterocycles. The zero-order chi connectivity index (χ0) is 22.2. The Balaban J connectivity index is 1.48. The van der Waals surface area contributed by atoms with Crippen molar-refractivity contribution in [3.63, 3.8) is 0 Å². The second-order valence-corrected chi connectivity index (χ2v) is 8.08. The van der Waals surface area contributed by atoms with Gasteiger partial charge in [-0.25, -0.2) is 4.79 Å². The van der Waals surface area contributed by atoms with Crippen LogP contribution < -0.4 is 16.0 Å². The third-order valence-electron chi connectivity index (χ3n) is 5.45. The maximum Gasteiger partial charge on any atom is 0.319 e. The summed E-state index contributed by atoms with van der Waals surface area (Å²) in [6.07, 6.45) is 2.76. The number of anilines is 1. The van der Waals surface area contributed by atoms with Crippen LogP contribution in [0.3, 0.4) is 0 Å². The van der Waals surface area contributed by atoms with E-state index in [1.54, 1.807) is 29.4 Å². The molecule has 1 atom stereocenters. The van der Waals surface area contributed by atoms with Crippen molar-refractivity contribution >= 4 is 23.5 Å². The lowest BCUT2D eigenvalue weighted by Crippen LogP contribution is -2.54. The van der Waals surface area contributed by atoms with Crippen molar-refractivity contribution in [2.24, 2.45) is 11.8 Å². The number of hydrogen-bond donors (Lipinski definition) is 3. The van der Waals surface area contributed by atoms with Crippen LogP contribution in [0.2, 0.25) is 0 Å². The van der Waals surface area contributed by atoms with Crippen molar-refractivity contribution < 1.29 is 18.8 Å². The SMILES string of the molecule is CC(C)C(NC(=O)Nc1ccccc1)C(=O)N1CCC(C(=O)NCc2ccco2)CC1. The first-order chi connectivity index (χ1) is 14.9. The fraction of sp³-hybridized carbons (Fsp3) is 0.435. The zero-order valence-electron chi connectivity index (χ0n) is 18.0. The van der Waals surface area contributed by atoms with Crippen LogP contribution in [0.15, 0.2) is 53.1 Å². The summed E-state index contributed by atoms with van der Waals surface area (Å²) >= 11 is 0. The monoisotopic (exact) mass is 426 g/mol. The van der Waals surface area contributed by atoms with Crippen molar-refractivity contribution in [3.05, 3.63) is 54.5 Å². The van der Waals surface area contributed by atoms with E-state index in [-0.39, 0.29) is 23.7 Å². The Bertz CT molecular complexity index is 859. The number of carbonyl (C=O) groups excluding carboxylic acids is 3. The minimum Gasteiger partial charge on any atom is -0.467 e. The summed E-state index contributed by atoms with van der Waals surface area (Å²) in [5.41, 5.74) is 0.663. The van der Waals surface area contributed by atoms with Crippen LogP contribution in [-0.2, 0) is 16.1 Å². The van der Waals surface area contributed by atoms with Gasteiger partial charge in [0, 0.05) is 24.7 Å². The molecule has 1 unspecified atom stereocenters. The van der Waals surface area contributed by atoms with E-state index in [4.69, 9.17) is 4.42 Å². The molecule has 1 aliphatic rings. The van der Waals surface area contributed by atoms with Gasteiger partial charge in [0.05, 0.1) is 12.8 Å². The van der Waals surface area contributed by atoms with Gasteiger partial charge < -0.3 is 25.3 Å². The van der Waals surface area contributed by atoms with E-state index in [0.717, 1.165) is 0 Å². The minimum atomic E-state index is -0.631. The third kappa shape index (κ3) is 6.34. The van der Waals surface area contributed by atoms with Gasteiger partial charge in [-0.05, 0) is 43.0 Å². The van der Waals surface area contributed by atoms with Gasteiger partial charge in [-0.3, -0.25) is 9.59 Å². The summed E-state index contributed by atoms with van der Waals surface area (Å²) in [5.74, 6) is 0.367. The highest BCUT2D eigenvalue weighted by atomic mass is 16.3. The van der Waals surface area contributed by atoms with E-state index in [1.807, 2.05) is 38.1 Å². The van der Waals surface area contributed by atoms with Crippen LogP contribution in [-0.4, -0.2) is 41.9 Å². The lowest BCUT2D eigenvalue weighted by Gasteiger charge is -2.35. The molecule has 8 nitrogen and oxygen atoms in total. The molecule has 1 aromatic heterocycles. The number of benzene rings is 1. The van der Waals surface area contributed by atoms with Crippen molar-refractivity contribution in [2.45, 2.75) is 39.3 Å². The van der Waals surface area contributed by atoms with E-state index in [9.17, 15) is 14.4 Å². The van der Waals surface area contributed by atoms with Crippen LogP contribution in [0.5, 0.6) is 0 Å². The third-order valence-corrected chi connectivity index (χ3v) is 5.45. The number of nitrogens with zero attached hydrogens (tertiary/aromatic N) is 1. The highest BCUT2D eigenvalue weighted by Gasteiger charge is 2.33. The Morgan fingerprint density at radius 3 is 2.39 bits per heavy atom. The summed E-state index contributed by atoms with van der Waals surface area (Å²) < 4.78 is 5.23. The Hall–Kier alpha value is -3.29. The molecule has 1 aromatic carbocycles. The first kappa shape index (κ1) is 22.4. The number of furan rings is 1. The summed E-state index contributed by atoms with van der Waals surface area (Å²) in [7, 11) is 0. The molecule has 166 valence electrons. The lowest BCUT2D eigenvalue weighted by molar-refractivity contribution is -0.138. The Morgan fingerprint density at radius 2 is 1.77 bits per heavy atom.